The molecule has 0 unspecified atom stereocenters. The van der Waals surface area contributed by atoms with E-state index in [1.165, 1.54) is 5.57 Å². The Bertz CT molecular complexity index is 80.1. The van der Waals surface area contributed by atoms with Gasteiger partial charge in [0, 0.05) is 5.54 Å². The van der Waals surface area contributed by atoms with Crippen LogP contribution < -0.4 is 0 Å². The van der Waals surface area contributed by atoms with Crippen molar-refractivity contribution in [3.8, 4) is 0 Å². The van der Waals surface area contributed by atoms with Gasteiger partial charge >= 0.3 is 0 Å². The summed E-state index contributed by atoms with van der Waals surface area (Å²) in [7, 11) is 0. The molecule has 0 amide bonds. The minimum atomic E-state index is 0.740. The smallest absolute Gasteiger partial charge is 0.0689 e. The molecule has 0 aromatic heterocycles. The molecular formula is C5H7ClO. The third-order valence-corrected chi connectivity index (χ3v) is 1.32. The van der Waals surface area contributed by atoms with Crippen LogP contribution in [0.25, 0.3) is 0 Å². The van der Waals surface area contributed by atoms with E-state index in [2.05, 4.69) is 0 Å². The van der Waals surface area contributed by atoms with E-state index in [0.717, 1.165) is 19.6 Å². The normalized spacial score (nSPS) is 26.7. The van der Waals surface area contributed by atoms with Crippen molar-refractivity contribution in [2.75, 3.05) is 13.2 Å². The van der Waals surface area contributed by atoms with Crippen LogP contribution in [0.2, 0.25) is 0 Å². The Morgan fingerprint density at radius 1 is 1.71 bits per heavy atom. The second-order valence-corrected chi connectivity index (χ2v) is 1.79. The zero-order valence-corrected chi connectivity index (χ0v) is 4.74. The summed E-state index contributed by atoms with van der Waals surface area (Å²) >= 11 is 5.37. The second kappa shape index (κ2) is 2.34. The molecular weight excluding hydrogens is 112 g/mol. The summed E-state index contributed by atoms with van der Waals surface area (Å²) < 4.78 is 5.00. The molecule has 0 aromatic rings. The summed E-state index contributed by atoms with van der Waals surface area (Å²) in [6.45, 7) is 1.59. The maximum Gasteiger partial charge on any atom is 0.0689 e. The van der Waals surface area contributed by atoms with Crippen molar-refractivity contribution in [2.45, 2.75) is 6.42 Å². The number of ether oxygens (including phenoxy) is 1. The van der Waals surface area contributed by atoms with E-state index in [4.69, 9.17) is 16.3 Å². The molecule has 0 N–H and O–H groups in total. The Morgan fingerprint density at radius 2 is 2.57 bits per heavy atom. The first kappa shape index (κ1) is 5.13. The fourth-order valence-electron chi connectivity index (χ4n) is 0.565. The molecule has 1 nitrogen and oxygen atoms in total. The van der Waals surface area contributed by atoms with Crippen LogP contribution in [0.5, 0.6) is 0 Å². The molecule has 1 saturated heterocycles. The van der Waals surface area contributed by atoms with Gasteiger partial charge in [0.25, 0.3) is 0 Å². The van der Waals surface area contributed by atoms with Gasteiger partial charge in [0.15, 0.2) is 0 Å². The average Bonchev–Trinajstić information content (AvgIpc) is 2.14. The maximum absolute atomic E-state index is 5.37. The Kier molecular flexibility index (Phi) is 1.71. The molecule has 1 aliphatic rings. The van der Waals surface area contributed by atoms with Crippen LogP contribution >= 0.6 is 11.6 Å². The predicted octanol–water partition coefficient (Wildman–Crippen LogP) is 1.53. The molecule has 0 spiro atoms. The van der Waals surface area contributed by atoms with Crippen molar-refractivity contribution in [3.63, 3.8) is 0 Å². The van der Waals surface area contributed by atoms with Crippen LogP contribution in [0.3, 0.4) is 0 Å². The number of halogens is 1. The molecule has 7 heavy (non-hydrogen) atoms. The van der Waals surface area contributed by atoms with E-state index in [-0.39, 0.29) is 0 Å². The molecule has 0 atom stereocenters. The van der Waals surface area contributed by atoms with Crippen LogP contribution in [0.1, 0.15) is 6.42 Å². The quantitative estimate of drug-likeness (QED) is 0.469. The van der Waals surface area contributed by atoms with Crippen LogP contribution in [0.4, 0.5) is 0 Å². The van der Waals surface area contributed by atoms with E-state index in [1.54, 1.807) is 5.54 Å². The summed E-state index contributed by atoms with van der Waals surface area (Å²) in [4.78, 5) is 0. The summed E-state index contributed by atoms with van der Waals surface area (Å²) in [5, 5.41) is 0. The first-order valence-electron chi connectivity index (χ1n) is 2.29. The van der Waals surface area contributed by atoms with Gasteiger partial charge in [-0.25, -0.2) is 0 Å². The minimum absolute atomic E-state index is 0.740. The lowest BCUT2D eigenvalue weighted by Gasteiger charge is -1.82. The van der Waals surface area contributed by atoms with Gasteiger partial charge in [-0.2, -0.15) is 0 Å². The minimum Gasteiger partial charge on any atom is -0.377 e. The Labute approximate surface area is 47.9 Å². The fraction of sp³-hybridized carbons (Fsp3) is 0.600. The Morgan fingerprint density at radius 3 is 2.86 bits per heavy atom. The van der Waals surface area contributed by atoms with E-state index in [1.807, 2.05) is 0 Å². The standard InChI is InChI=1S/C5H7ClO/c6-3-5-1-2-7-4-5/h3H,1-2,4H2/b5-3-. The summed E-state index contributed by atoms with van der Waals surface area (Å²) in [5.41, 5.74) is 2.81. The lowest BCUT2D eigenvalue weighted by atomic mass is 10.3. The van der Waals surface area contributed by atoms with Gasteiger partial charge in [-0.05, 0) is 12.0 Å². The molecule has 0 bridgehead atoms. The molecule has 0 aliphatic carbocycles. The van der Waals surface area contributed by atoms with Gasteiger partial charge in [0.2, 0.25) is 0 Å². The Hall–Kier alpha value is -0.0100. The van der Waals surface area contributed by atoms with Gasteiger partial charge in [-0.15, -0.1) is 0 Å². The number of hydrogen-bond donors (Lipinski definition) is 0. The molecule has 0 aromatic carbocycles. The van der Waals surface area contributed by atoms with Gasteiger partial charge < -0.3 is 4.74 Å². The number of rotatable bonds is 0. The van der Waals surface area contributed by atoms with Crippen LogP contribution in [-0.4, -0.2) is 13.2 Å². The third-order valence-electron chi connectivity index (χ3n) is 1.01. The van der Waals surface area contributed by atoms with Crippen molar-refractivity contribution >= 4 is 11.6 Å². The molecule has 1 fully saturated rings. The fourth-order valence-corrected chi connectivity index (χ4v) is 0.737. The third kappa shape index (κ3) is 1.18. The summed E-state index contributed by atoms with van der Waals surface area (Å²) in [5.74, 6) is 0. The maximum atomic E-state index is 5.37. The molecule has 1 aliphatic heterocycles. The topological polar surface area (TPSA) is 9.23 Å². The van der Waals surface area contributed by atoms with Crippen molar-refractivity contribution in [2.24, 2.45) is 0 Å². The highest BCUT2D eigenvalue weighted by Gasteiger charge is 2.03. The van der Waals surface area contributed by atoms with Gasteiger partial charge in [-0.3, -0.25) is 0 Å². The highest BCUT2D eigenvalue weighted by molar-refractivity contribution is 6.25. The molecule has 2 heteroatoms. The predicted molar refractivity (Wildman–Crippen MR) is 29.4 cm³/mol. The highest BCUT2D eigenvalue weighted by Crippen LogP contribution is 2.10. The number of hydrogen-bond acceptors (Lipinski definition) is 1. The van der Waals surface area contributed by atoms with E-state index < -0.39 is 0 Å². The van der Waals surface area contributed by atoms with Crippen LogP contribution in [0, 0.1) is 0 Å². The van der Waals surface area contributed by atoms with Gasteiger partial charge in [-0.1, -0.05) is 11.6 Å². The molecule has 0 saturated carbocycles. The molecule has 1 rings (SSSR count). The lowest BCUT2D eigenvalue weighted by Crippen LogP contribution is -1.77. The first-order valence-corrected chi connectivity index (χ1v) is 2.73. The zero-order valence-electron chi connectivity index (χ0n) is 3.98. The van der Waals surface area contributed by atoms with Crippen LogP contribution in [-0.2, 0) is 4.74 Å². The first-order chi connectivity index (χ1) is 3.43. The molecule has 40 valence electrons. The summed E-state index contributed by atoms with van der Waals surface area (Å²) in [6, 6.07) is 0. The SMILES string of the molecule is Cl/C=C1/CCOC1. The van der Waals surface area contributed by atoms with Crippen molar-refractivity contribution in [1.29, 1.82) is 0 Å². The van der Waals surface area contributed by atoms with Gasteiger partial charge in [0.1, 0.15) is 0 Å². The van der Waals surface area contributed by atoms with Crippen molar-refractivity contribution in [1.82, 2.24) is 0 Å². The van der Waals surface area contributed by atoms with Gasteiger partial charge in [0.05, 0.1) is 13.2 Å². The van der Waals surface area contributed by atoms with Crippen molar-refractivity contribution in [3.05, 3.63) is 11.1 Å². The Balaban J connectivity index is 2.41. The van der Waals surface area contributed by atoms with E-state index in [0.29, 0.717) is 0 Å². The monoisotopic (exact) mass is 118 g/mol. The largest absolute Gasteiger partial charge is 0.377 e. The average molecular weight is 119 g/mol. The lowest BCUT2D eigenvalue weighted by molar-refractivity contribution is 0.205. The van der Waals surface area contributed by atoms with Crippen LogP contribution in [0.15, 0.2) is 11.1 Å². The zero-order chi connectivity index (χ0) is 5.11. The summed E-state index contributed by atoms with van der Waals surface area (Å²) in [6.07, 6.45) is 1.02. The van der Waals surface area contributed by atoms with E-state index in [9.17, 15) is 0 Å². The highest BCUT2D eigenvalue weighted by atomic mass is 35.5. The van der Waals surface area contributed by atoms with Crippen molar-refractivity contribution < 1.29 is 4.74 Å². The second-order valence-electron chi connectivity index (χ2n) is 1.57. The molecule has 1 heterocycles. The molecule has 0 radical (unpaired) electrons. The van der Waals surface area contributed by atoms with E-state index >= 15 is 0 Å².